The van der Waals surface area contributed by atoms with E-state index < -0.39 is 10.8 Å². The summed E-state index contributed by atoms with van der Waals surface area (Å²) in [7, 11) is 0. The lowest BCUT2D eigenvalue weighted by Gasteiger charge is -2.27. The number of benzene rings is 2. The quantitative estimate of drug-likeness (QED) is 0.558. The minimum atomic E-state index is -0.626. The number of rotatable bonds is 5. The van der Waals surface area contributed by atoms with Crippen molar-refractivity contribution < 1.29 is 19.6 Å². The molecular weight excluding hydrogens is 409 g/mol. The van der Waals surface area contributed by atoms with Gasteiger partial charge in [-0.2, -0.15) is 0 Å². The van der Waals surface area contributed by atoms with Crippen LogP contribution in [0.2, 0.25) is 10.0 Å². The standard InChI is InChI=1S/C18H17Cl2N3O5/c19-12-7-11(10-22-3-5-28-6-4-22)17(24)14(8-12)18(25)21-16-2-1-13(23(26)27)9-15(16)20/h1-2,7-9,24H,3-6,10H2,(H,21,25). The van der Waals surface area contributed by atoms with Gasteiger partial charge in [-0.25, -0.2) is 0 Å². The molecule has 1 aliphatic rings. The predicted molar refractivity (Wildman–Crippen MR) is 105 cm³/mol. The Balaban J connectivity index is 1.82. The third-order valence-corrected chi connectivity index (χ3v) is 4.84. The fraction of sp³-hybridized carbons (Fsp3) is 0.278. The molecule has 0 saturated carbocycles. The van der Waals surface area contributed by atoms with Crippen LogP contribution in [0.15, 0.2) is 30.3 Å². The highest BCUT2D eigenvalue weighted by Crippen LogP contribution is 2.31. The Labute approximate surface area is 170 Å². The number of ether oxygens (including phenoxy) is 1. The number of nitro benzene ring substituents is 1. The minimum Gasteiger partial charge on any atom is -0.507 e. The van der Waals surface area contributed by atoms with Crippen molar-refractivity contribution in [2.75, 3.05) is 31.6 Å². The van der Waals surface area contributed by atoms with Gasteiger partial charge in [-0.3, -0.25) is 19.8 Å². The van der Waals surface area contributed by atoms with E-state index in [1.807, 2.05) is 0 Å². The molecule has 2 aromatic rings. The number of halogens is 2. The van der Waals surface area contributed by atoms with Crippen molar-refractivity contribution >= 4 is 40.5 Å². The maximum Gasteiger partial charge on any atom is 0.271 e. The highest BCUT2D eigenvalue weighted by atomic mass is 35.5. The lowest BCUT2D eigenvalue weighted by atomic mass is 10.1. The number of aromatic hydroxyl groups is 1. The van der Waals surface area contributed by atoms with Crippen LogP contribution in [0.25, 0.3) is 0 Å². The number of amides is 1. The van der Waals surface area contributed by atoms with Crippen LogP contribution in [-0.4, -0.2) is 47.1 Å². The molecule has 3 rings (SSSR count). The van der Waals surface area contributed by atoms with Gasteiger partial charge in [-0.1, -0.05) is 23.2 Å². The Kier molecular flexibility index (Phi) is 6.35. The Bertz CT molecular complexity index is 916. The molecule has 0 spiro atoms. The second kappa shape index (κ2) is 8.74. The second-order valence-electron chi connectivity index (χ2n) is 6.22. The zero-order chi connectivity index (χ0) is 20.3. The molecule has 1 fully saturated rings. The van der Waals surface area contributed by atoms with Gasteiger partial charge in [0.25, 0.3) is 11.6 Å². The van der Waals surface area contributed by atoms with Crippen LogP contribution in [0.3, 0.4) is 0 Å². The summed E-state index contributed by atoms with van der Waals surface area (Å²) >= 11 is 12.1. The fourth-order valence-electron chi connectivity index (χ4n) is 2.86. The summed E-state index contributed by atoms with van der Waals surface area (Å²) < 4.78 is 5.31. The van der Waals surface area contributed by atoms with Crippen LogP contribution in [0.4, 0.5) is 11.4 Å². The highest BCUT2D eigenvalue weighted by molar-refractivity contribution is 6.34. The third kappa shape index (κ3) is 4.71. The average molecular weight is 426 g/mol. The van der Waals surface area contributed by atoms with Crippen LogP contribution in [0.1, 0.15) is 15.9 Å². The molecule has 1 amide bonds. The van der Waals surface area contributed by atoms with Gasteiger partial charge in [-0.05, 0) is 18.2 Å². The molecule has 0 atom stereocenters. The fourth-order valence-corrected chi connectivity index (χ4v) is 3.32. The highest BCUT2D eigenvalue weighted by Gasteiger charge is 2.20. The number of nitrogens with one attached hydrogen (secondary N) is 1. The zero-order valence-corrected chi connectivity index (χ0v) is 16.2. The smallest absolute Gasteiger partial charge is 0.271 e. The van der Waals surface area contributed by atoms with Gasteiger partial charge in [0.1, 0.15) is 5.75 Å². The number of phenols is 1. The van der Waals surface area contributed by atoms with E-state index in [-0.39, 0.29) is 27.7 Å². The number of morpholine rings is 1. The van der Waals surface area contributed by atoms with E-state index in [4.69, 9.17) is 27.9 Å². The first-order valence-electron chi connectivity index (χ1n) is 8.42. The first-order chi connectivity index (χ1) is 13.3. The number of phenolic OH excluding ortho intramolecular Hbond substituents is 1. The number of nitro groups is 1. The zero-order valence-electron chi connectivity index (χ0n) is 14.7. The Hall–Kier alpha value is -2.39. The van der Waals surface area contributed by atoms with E-state index >= 15 is 0 Å². The summed E-state index contributed by atoms with van der Waals surface area (Å²) in [6.07, 6.45) is 0. The van der Waals surface area contributed by atoms with Crippen LogP contribution in [0.5, 0.6) is 5.75 Å². The normalized spacial score (nSPS) is 14.6. The molecule has 0 unspecified atom stereocenters. The molecule has 2 aromatic carbocycles. The lowest BCUT2D eigenvalue weighted by molar-refractivity contribution is -0.384. The van der Waals surface area contributed by atoms with Crippen molar-refractivity contribution in [1.82, 2.24) is 4.90 Å². The van der Waals surface area contributed by atoms with Gasteiger partial charge in [-0.15, -0.1) is 0 Å². The lowest BCUT2D eigenvalue weighted by Crippen LogP contribution is -2.35. The molecule has 0 bridgehead atoms. The minimum absolute atomic E-state index is 0.00909. The van der Waals surface area contributed by atoms with Gasteiger partial charge < -0.3 is 15.2 Å². The van der Waals surface area contributed by atoms with E-state index in [2.05, 4.69) is 10.2 Å². The van der Waals surface area contributed by atoms with Crippen molar-refractivity contribution in [3.63, 3.8) is 0 Å². The van der Waals surface area contributed by atoms with Crippen LogP contribution in [-0.2, 0) is 11.3 Å². The molecule has 28 heavy (non-hydrogen) atoms. The van der Waals surface area contributed by atoms with Gasteiger partial charge in [0, 0.05) is 42.4 Å². The SMILES string of the molecule is O=C(Nc1ccc([N+](=O)[O-])cc1Cl)c1cc(Cl)cc(CN2CCOCC2)c1O. The summed E-state index contributed by atoms with van der Waals surface area (Å²) in [5.41, 5.74) is 0.507. The first-order valence-corrected chi connectivity index (χ1v) is 9.17. The molecule has 8 nitrogen and oxygen atoms in total. The molecule has 10 heteroatoms. The van der Waals surface area contributed by atoms with Crippen LogP contribution < -0.4 is 5.32 Å². The largest absolute Gasteiger partial charge is 0.507 e. The molecule has 1 heterocycles. The maximum absolute atomic E-state index is 12.6. The maximum atomic E-state index is 12.6. The summed E-state index contributed by atoms with van der Waals surface area (Å²) in [5.74, 6) is -0.801. The molecular formula is C18H17Cl2N3O5. The monoisotopic (exact) mass is 425 g/mol. The van der Waals surface area contributed by atoms with Crippen LogP contribution in [0, 0.1) is 10.1 Å². The number of non-ortho nitro benzene ring substituents is 1. The summed E-state index contributed by atoms with van der Waals surface area (Å²) in [6, 6.07) is 6.66. The molecule has 1 saturated heterocycles. The van der Waals surface area contributed by atoms with Gasteiger partial charge >= 0.3 is 0 Å². The van der Waals surface area contributed by atoms with E-state index in [1.54, 1.807) is 6.07 Å². The number of carbonyl (C=O) groups is 1. The van der Waals surface area contributed by atoms with Gasteiger partial charge in [0.15, 0.2) is 0 Å². The molecule has 148 valence electrons. The van der Waals surface area contributed by atoms with Crippen molar-refractivity contribution in [3.05, 3.63) is 61.6 Å². The van der Waals surface area contributed by atoms with E-state index in [9.17, 15) is 20.0 Å². The summed E-state index contributed by atoms with van der Waals surface area (Å²) in [5, 5.41) is 24.2. The second-order valence-corrected chi connectivity index (χ2v) is 7.07. The van der Waals surface area contributed by atoms with E-state index in [0.29, 0.717) is 43.4 Å². The number of nitrogens with zero attached hydrogens (tertiary/aromatic N) is 2. The average Bonchev–Trinajstić information content (AvgIpc) is 2.66. The van der Waals surface area contributed by atoms with E-state index in [0.717, 1.165) is 6.07 Å². The van der Waals surface area contributed by atoms with Crippen LogP contribution >= 0.6 is 23.2 Å². The van der Waals surface area contributed by atoms with Gasteiger partial charge in [0.05, 0.1) is 34.4 Å². The molecule has 2 N–H and O–H groups in total. The Morgan fingerprint density at radius 2 is 1.96 bits per heavy atom. The van der Waals surface area contributed by atoms with Crippen molar-refractivity contribution in [2.24, 2.45) is 0 Å². The summed E-state index contributed by atoms with van der Waals surface area (Å²) in [6.45, 7) is 3.06. The topological polar surface area (TPSA) is 105 Å². The molecule has 0 radical (unpaired) electrons. The number of hydrogen-bond acceptors (Lipinski definition) is 6. The predicted octanol–water partition coefficient (Wildman–Crippen LogP) is 3.69. The van der Waals surface area contributed by atoms with Crippen molar-refractivity contribution in [2.45, 2.75) is 6.54 Å². The number of anilines is 1. The number of hydrogen-bond donors (Lipinski definition) is 2. The summed E-state index contributed by atoms with van der Waals surface area (Å²) in [4.78, 5) is 24.9. The molecule has 0 aromatic heterocycles. The van der Waals surface area contributed by atoms with Crippen molar-refractivity contribution in [1.29, 1.82) is 0 Å². The Morgan fingerprint density at radius 1 is 1.25 bits per heavy atom. The molecule has 1 aliphatic heterocycles. The molecule has 0 aliphatic carbocycles. The van der Waals surface area contributed by atoms with E-state index in [1.165, 1.54) is 18.2 Å². The number of carbonyl (C=O) groups excluding carboxylic acids is 1. The van der Waals surface area contributed by atoms with Gasteiger partial charge in [0.2, 0.25) is 0 Å². The Morgan fingerprint density at radius 3 is 2.61 bits per heavy atom. The van der Waals surface area contributed by atoms with Crippen molar-refractivity contribution in [3.8, 4) is 5.75 Å². The first kappa shape index (κ1) is 20.3. The third-order valence-electron chi connectivity index (χ3n) is 4.31.